The number of aryl methyl sites for hydroxylation is 2. The zero-order valence-electron chi connectivity index (χ0n) is 16.1. The van der Waals surface area contributed by atoms with Gasteiger partial charge in [-0.25, -0.2) is 5.43 Å². The van der Waals surface area contributed by atoms with E-state index >= 15 is 0 Å². The molecule has 0 radical (unpaired) electrons. The lowest BCUT2D eigenvalue weighted by atomic mass is 9.94. The first-order valence-electron chi connectivity index (χ1n) is 9.83. The van der Waals surface area contributed by atoms with E-state index in [1.807, 2.05) is 0 Å². The number of hydrogen-bond acceptors (Lipinski definition) is 5. The molecule has 150 valence electrons. The van der Waals surface area contributed by atoms with Crippen molar-refractivity contribution < 1.29 is 14.3 Å². The smallest absolute Gasteiger partial charge is 0.272 e. The Balaban J connectivity index is 1.49. The third-order valence-electron chi connectivity index (χ3n) is 5.49. The number of rotatable bonds is 3. The molecule has 5 rings (SSSR count). The first kappa shape index (κ1) is 18.2. The Kier molecular flexibility index (Phi) is 4.35. The number of amides is 1. The maximum atomic E-state index is 12.7. The number of aromatic amines is 1. The zero-order chi connectivity index (χ0) is 20.7. The number of pyridine rings is 1. The quantitative estimate of drug-likeness (QED) is 0.360. The predicted molar refractivity (Wildman–Crippen MR) is 114 cm³/mol. The number of carbonyl (C=O) groups is 1. The topological polar surface area (TPSA) is 108 Å². The first-order valence-corrected chi connectivity index (χ1v) is 9.83. The maximum absolute atomic E-state index is 12.7. The summed E-state index contributed by atoms with van der Waals surface area (Å²) in [7, 11) is 0. The highest BCUT2D eigenvalue weighted by Gasteiger charge is 2.21. The van der Waals surface area contributed by atoms with Crippen LogP contribution in [0.4, 0.5) is 0 Å². The Morgan fingerprint density at radius 1 is 1.17 bits per heavy atom. The minimum absolute atomic E-state index is 0.0660. The van der Waals surface area contributed by atoms with Gasteiger partial charge in [0.15, 0.2) is 0 Å². The van der Waals surface area contributed by atoms with E-state index in [-0.39, 0.29) is 16.9 Å². The first-order chi connectivity index (χ1) is 14.6. The largest absolute Gasteiger partial charge is 0.507 e. The van der Waals surface area contributed by atoms with Gasteiger partial charge in [-0.1, -0.05) is 18.2 Å². The van der Waals surface area contributed by atoms with Crippen LogP contribution in [0, 0.1) is 0 Å². The minimum Gasteiger partial charge on any atom is -0.507 e. The van der Waals surface area contributed by atoms with E-state index in [0.29, 0.717) is 22.0 Å². The van der Waals surface area contributed by atoms with Crippen molar-refractivity contribution in [3.05, 3.63) is 75.3 Å². The number of phenolic OH excluding ortho intramolecular Hbond substituents is 1. The second kappa shape index (κ2) is 7.18. The third-order valence-corrected chi connectivity index (χ3v) is 5.49. The van der Waals surface area contributed by atoms with Crippen LogP contribution in [-0.2, 0) is 12.8 Å². The van der Waals surface area contributed by atoms with Gasteiger partial charge in [0, 0.05) is 39.9 Å². The maximum Gasteiger partial charge on any atom is 0.272 e. The summed E-state index contributed by atoms with van der Waals surface area (Å²) in [6.45, 7) is 0. The summed E-state index contributed by atoms with van der Waals surface area (Å²) < 4.78 is 5.95. The second-order valence-corrected chi connectivity index (χ2v) is 7.37. The van der Waals surface area contributed by atoms with E-state index in [0.717, 1.165) is 42.4 Å². The van der Waals surface area contributed by atoms with E-state index in [2.05, 4.69) is 15.5 Å². The third kappa shape index (κ3) is 3.04. The molecule has 0 aliphatic heterocycles. The van der Waals surface area contributed by atoms with Crippen LogP contribution in [0.5, 0.6) is 5.75 Å². The highest BCUT2D eigenvalue weighted by molar-refractivity contribution is 6.07. The van der Waals surface area contributed by atoms with E-state index in [1.165, 1.54) is 12.3 Å². The van der Waals surface area contributed by atoms with Gasteiger partial charge in [0.25, 0.3) is 5.91 Å². The van der Waals surface area contributed by atoms with Gasteiger partial charge in [-0.15, -0.1) is 0 Å². The summed E-state index contributed by atoms with van der Waals surface area (Å²) in [4.78, 5) is 27.3. The normalized spacial score (nSPS) is 13.7. The Morgan fingerprint density at radius 2 is 2.00 bits per heavy atom. The molecule has 0 saturated heterocycles. The molecule has 0 saturated carbocycles. The van der Waals surface area contributed by atoms with Crippen molar-refractivity contribution in [2.45, 2.75) is 25.7 Å². The van der Waals surface area contributed by atoms with Crippen molar-refractivity contribution in [1.82, 2.24) is 10.4 Å². The van der Waals surface area contributed by atoms with Gasteiger partial charge in [0.2, 0.25) is 5.56 Å². The molecule has 1 amide bonds. The molecule has 2 aromatic heterocycles. The lowest BCUT2D eigenvalue weighted by molar-refractivity contribution is 0.0956. The molecular weight excluding hydrogens is 382 g/mol. The molecule has 4 aromatic rings. The number of carbonyl (C=O) groups excluding carboxylic acids is 1. The molecule has 30 heavy (non-hydrogen) atoms. The monoisotopic (exact) mass is 401 g/mol. The number of nitrogens with zero attached hydrogens (tertiary/aromatic N) is 1. The second-order valence-electron chi connectivity index (χ2n) is 7.37. The molecular formula is C23H19N3O4. The van der Waals surface area contributed by atoms with Crippen LogP contribution in [0.15, 0.2) is 56.8 Å². The van der Waals surface area contributed by atoms with Crippen molar-refractivity contribution in [3.8, 4) is 5.75 Å². The van der Waals surface area contributed by atoms with Crippen LogP contribution in [0.2, 0.25) is 0 Å². The highest BCUT2D eigenvalue weighted by atomic mass is 16.3. The number of furan rings is 1. The van der Waals surface area contributed by atoms with Gasteiger partial charge >= 0.3 is 0 Å². The van der Waals surface area contributed by atoms with Crippen molar-refractivity contribution in [1.29, 1.82) is 0 Å². The SMILES string of the molecule is O=C(NN=Cc1c(O)ccc2oc3c(c12)CCCC3)c1cc(=O)[nH]c2ccccc12. The van der Waals surface area contributed by atoms with E-state index in [1.54, 1.807) is 36.4 Å². The van der Waals surface area contributed by atoms with Gasteiger partial charge in [0.1, 0.15) is 17.1 Å². The number of fused-ring (bicyclic) bond motifs is 4. The average Bonchev–Trinajstić information content (AvgIpc) is 3.13. The van der Waals surface area contributed by atoms with Crippen LogP contribution >= 0.6 is 0 Å². The fraction of sp³-hybridized carbons (Fsp3) is 0.174. The Bertz CT molecular complexity index is 1380. The highest BCUT2D eigenvalue weighted by Crippen LogP contribution is 2.36. The number of benzene rings is 2. The van der Waals surface area contributed by atoms with Crippen LogP contribution < -0.4 is 11.0 Å². The summed E-state index contributed by atoms with van der Waals surface area (Å²) in [6.07, 6.45) is 5.35. The van der Waals surface area contributed by atoms with Gasteiger partial charge in [-0.2, -0.15) is 5.10 Å². The van der Waals surface area contributed by atoms with Gasteiger partial charge in [-0.05, 0) is 37.5 Å². The molecule has 7 heteroatoms. The van der Waals surface area contributed by atoms with E-state index in [9.17, 15) is 14.7 Å². The summed E-state index contributed by atoms with van der Waals surface area (Å²) in [5.41, 5.74) is 5.22. The van der Waals surface area contributed by atoms with Gasteiger partial charge < -0.3 is 14.5 Å². The number of nitrogens with one attached hydrogen (secondary N) is 2. The summed E-state index contributed by atoms with van der Waals surface area (Å²) in [6, 6.07) is 11.6. The molecule has 2 heterocycles. The molecule has 1 aliphatic carbocycles. The number of aromatic hydroxyl groups is 1. The number of phenols is 1. The van der Waals surface area contributed by atoms with Crippen LogP contribution in [-0.4, -0.2) is 22.2 Å². The Hall–Kier alpha value is -3.87. The standard InChI is InChI=1S/C23H19N3O4/c27-18-9-10-20-22(14-6-2-4-8-19(14)30-20)16(18)12-24-26-23(29)15-11-21(28)25-17-7-3-1-5-13(15)17/h1,3,5,7,9-12,27H,2,4,6,8H2,(H,25,28)(H,26,29). The van der Waals surface area contributed by atoms with E-state index < -0.39 is 5.91 Å². The average molecular weight is 401 g/mol. The Morgan fingerprint density at radius 3 is 2.90 bits per heavy atom. The molecule has 0 bridgehead atoms. The van der Waals surface area contributed by atoms with Gasteiger partial charge in [0.05, 0.1) is 11.8 Å². The van der Waals surface area contributed by atoms with Crippen LogP contribution in [0.1, 0.15) is 40.1 Å². The van der Waals surface area contributed by atoms with Crippen molar-refractivity contribution in [2.24, 2.45) is 5.10 Å². The number of hydrazone groups is 1. The summed E-state index contributed by atoms with van der Waals surface area (Å²) >= 11 is 0. The van der Waals surface area contributed by atoms with Crippen LogP contribution in [0.3, 0.4) is 0 Å². The number of hydrogen-bond donors (Lipinski definition) is 3. The van der Waals surface area contributed by atoms with Crippen molar-refractivity contribution in [3.63, 3.8) is 0 Å². The fourth-order valence-electron chi connectivity index (χ4n) is 4.11. The predicted octanol–water partition coefficient (Wildman–Crippen LogP) is 3.62. The number of H-pyrrole nitrogens is 1. The molecule has 0 atom stereocenters. The Labute approximate surface area is 171 Å². The zero-order valence-corrected chi connectivity index (χ0v) is 16.1. The molecule has 0 spiro atoms. The lowest BCUT2D eigenvalue weighted by Gasteiger charge is -2.10. The number of aromatic nitrogens is 1. The molecule has 2 aromatic carbocycles. The molecule has 0 unspecified atom stereocenters. The van der Waals surface area contributed by atoms with Crippen molar-refractivity contribution in [2.75, 3.05) is 0 Å². The number of para-hydroxylation sites is 1. The van der Waals surface area contributed by atoms with E-state index in [4.69, 9.17) is 4.42 Å². The molecule has 3 N–H and O–H groups in total. The summed E-state index contributed by atoms with van der Waals surface area (Å²) in [5.74, 6) is 0.515. The lowest BCUT2D eigenvalue weighted by Crippen LogP contribution is -2.20. The summed E-state index contributed by atoms with van der Waals surface area (Å²) in [5, 5.41) is 15.9. The molecule has 1 aliphatic rings. The minimum atomic E-state index is -0.505. The van der Waals surface area contributed by atoms with Gasteiger partial charge in [-0.3, -0.25) is 9.59 Å². The molecule has 0 fully saturated rings. The van der Waals surface area contributed by atoms with Crippen molar-refractivity contribution >= 4 is 34.0 Å². The fourth-order valence-corrected chi connectivity index (χ4v) is 4.11. The molecule has 7 nitrogen and oxygen atoms in total. The van der Waals surface area contributed by atoms with Crippen LogP contribution in [0.25, 0.3) is 21.9 Å².